The fraction of sp³-hybridized carbons (Fsp3) is 0.500. The molecule has 4 nitrogen and oxygen atoms in total. The van der Waals surface area contributed by atoms with E-state index < -0.39 is 5.97 Å². The summed E-state index contributed by atoms with van der Waals surface area (Å²) in [6, 6.07) is 0. The van der Waals surface area contributed by atoms with E-state index >= 15 is 0 Å². The summed E-state index contributed by atoms with van der Waals surface area (Å²) in [4.78, 5) is 13.0. The molecule has 1 N–H and O–H groups in total. The first-order valence-corrected chi connectivity index (χ1v) is 1.26. The first-order valence-electron chi connectivity index (χ1n) is 1.26. The van der Waals surface area contributed by atoms with Crippen LogP contribution >= 0.6 is 0 Å². The average molecular weight is 140 g/mol. The molecule has 0 bridgehead atoms. The molecule has 0 aliphatic heterocycles. The van der Waals surface area contributed by atoms with Crippen molar-refractivity contribution in [1.82, 2.24) is 0 Å². The van der Waals surface area contributed by atoms with Gasteiger partial charge in [0.25, 0.3) is 0 Å². The Morgan fingerprint density at radius 2 is 2.14 bits per heavy atom. The fourth-order valence-electron chi connectivity index (χ4n) is 0.0525. The molecule has 0 spiro atoms. The SMILES string of the molecule is CC(=O)OOO.[Ti]. The van der Waals surface area contributed by atoms with Gasteiger partial charge < -0.3 is 0 Å². The Morgan fingerprint density at radius 1 is 1.71 bits per heavy atom. The molecule has 40 valence electrons. The maximum Gasteiger partial charge on any atom is 0.342 e. The Hall–Kier alpha value is 0.104. The third-order valence-electron chi connectivity index (χ3n) is 0.155. The summed E-state index contributed by atoms with van der Waals surface area (Å²) in [6.45, 7) is 1.11. The van der Waals surface area contributed by atoms with Gasteiger partial charge >= 0.3 is 5.97 Å². The van der Waals surface area contributed by atoms with Crippen molar-refractivity contribution in [3.8, 4) is 0 Å². The van der Waals surface area contributed by atoms with Crippen molar-refractivity contribution < 1.29 is 41.7 Å². The number of hydrogen-bond acceptors (Lipinski definition) is 4. The van der Waals surface area contributed by atoms with Gasteiger partial charge in [0, 0.05) is 28.6 Å². The minimum Gasteiger partial charge on any atom is -0.269 e. The molecule has 0 aliphatic carbocycles. The van der Waals surface area contributed by atoms with Crippen LogP contribution in [0.4, 0.5) is 0 Å². The third-order valence-corrected chi connectivity index (χ3v) is 0.155. The predicted octanol–water partition coefficient (Wildman–Crippen LogP) is -0.0484. The summed E-state index contributed by atoms with van der Waals surface area (Å²) in [5.41, 5.74) is 0. The van der Waals surface area contributed by atoms with Crippen LogP contribution in [0, 0.1) is 0 Å². The molecule has 0 atom stereocenters. The van der Waals surface area contributed by atoms with E-state index in [1.165, 1.54) is 0 Å². The second kappa shape index (κ2) is 6.10. The molecule has 0 aromatic carbocycles. The van der Waals surface area contributed by atoms with Crippen LogP contribution in [-0.4, -0.2) is 11.2 Å². The average Bonchev–Trinajstić information content (AvgIpc) is 1.35. The number of carbonyl (C=O) groups excluding carboxylic acids is 1. The summed E-state index contributed by atoms with van der Waals surface area (Å²) in [6.07, 6.45) is 0. The summed E-state index contributed by atoms with van der Waals surface area (Å²) in [7, 11) is 0. The monoisotopic (exact) mass is 140 g/mol. The van der Waals surface area contributed by atoms with E-state index in [0.29, 0.717) is 0 Å². The van der Waals surface area contributed by atoms with E-state index in [4.69, 9.17) is 5.26 Å². The van der Waals surface area contributed by atoms with Gasteiger partial charge in [0.2, 0.25) is 0 Å². The Labute approximate surface area is 55.2 Å². The van der Waals surface area contributed by atoms with Crippen molar-refractivity contribution in [2.75, 3.05) is 0 Å². The normalized spacial score (nSPS) is 6.57. The van der Waals surface area contributed by atoms with Crippen LogP contribution in [0.25, 0.3) is 0 Å². The van der Waals surface area contributed by atoms with Crippen molar-refractivity contribution in [1.29, 1.82) is 0 Å². The Kier molecular flexibility index (Phi) is 8.86. The van der Waals surface area contributed by atoms with Crippen molar-refractivity contribution in [3.05, 3.63) is 0 Å². The zero-order valence-electron chi connectivity index (χ0n) is 3.67. The Morgan fingerprint density at radius 3 is 2.14 bits per heavy atom. The van der Waals surface area contributed by atoms with Crippen LogP contribution in [0.5, 0.6) is 0 Å². The van der Waals surface area contributed by atoms with Crippen LogP contribution in [0.2, 0.25) is 0 Å². The number of hydrogen-bond donors (Lipinski definition) is 1. The zero-order valence-corrected chi connectivity index (χ0v) is 5.23. The van der Waals surface area contributed by atoms with Crippen LogP contribution in [0.15, 0.2) is 0 Å². The molecule has 0 saturated carbocycles. The van der Waals surface area contributed by atoms with E-state index in [2.05, 4.69) is 9.93 Å². The van der Waals surface area contributed by atoms with Gasteiger partial charge in [-0.25, -0.2) is 10.1 Å². The maximum absolute atomic E-state index is 9.54. The van der Waals surface area contributed by atoms with Gasteiger partial charge in [0.05, 0.1) is 0 Å². The number of carbonyl (C=O) groups is 1. The van der Waals surface area contributed by atoms with Crippen LogP contribution in [0.1, 0.15) is 6.92 Å². The zero-order chi connectivity index (χ0) is 4.99. The quantitative estimate of drug-likeness (QED) is 0.315. The van der Waals surface area contributed by atoms with Crippen molar-refractivity contribution in [3.63, 3.8) is 0 Å². The van der Waals surface area contributed by atoms with E-state index in [1.807, 2.05) is 0 Å². The van der Waals surface area contributed by atoms with Gasteiger partial charge in [-0.3, -0.25) is 4.89 Å². The van der Waals surface area contributed by atoms with E-state index in [-0.39, 0.29) is 21.7 Å². The van der Waals surface area contributed by atoms with Crippen LogP contribution < -0.4 is 0 Å². The molecule has 0 amide bonds. The van der Waals surface area contributed by atoms with Gasteiger partial charge in [0.15, 0.2) is 0 Å². The molecule has 0 saturated heterocycles. The van der Waals surface area contributed by atoms with Gasteiger partial charge in [-0.05, 0) is 5.04 Å². The van der Waals surface area contributed by atoms with Crippen LogP contribution in [-0.2, 0) is 36.4 Å². The Balaban J connectivity index is 0. The second-order valence-electron chi connectivity index (χ2n) is 0.649. The standard InChI is InChI=1S/C2H4O4.Ti/c1-2(3)5-6-4;/h4H,1H3;. The Bertz CT molecular complexity index is 53.7. The van der Waals surface area contributed by atoms with E-state index in [0.717, 1.165) is 6.92 Å². The molecule has 5 heteroatoms. The molecule has 0 aromatic heterocycles. The summed E-state index contributed by atoms with van der Waals surface area (Å²) in [5.74, 6) is -0.683. The topological polar surface area (TPSA) is 55.8 Å². The largest absolute Gasteiger partial charge is 0.342 e. The molecular weight excluding hydrogens is 136 g/mol. The molecule has 0 unspecified atom stereocenters. The third kappa shape index (κ3) is 10.7. The molecular formula is C2H4O4Ti. The first-order chi connectivity index (χ1) is 2.77. The molecule has 0 rings (SSSR count). The molecule has 0 radical (unpaired) electrons. The molecule has 7 heavy (non-hydrogen) atoms. The smallest absolute Gasteiger partial charge is 0.269 e. The first kappa shape index (κ1) is 10.2. The van der Waals surface area contributed by atoms with E-state index in [9.17, 15) is 4.79 Å². The van der Waals surface area contributed by atoms with Gasteiger partial charge in [0.1, 0.15) is 0 Å². The molecule has 0 aliphatic rings. The minimum atomic E-state index is -0.683. The second-order valence-corrected chi connectivity index (χ2v) is 0.649. The van der Waals surface area contributed by atoms with Gasteiger partial charge in [-0.2, -0.15) is 0 Å². The molecule has 0 heterocycles. The van der Waals surface area contributed by atoms with Gasteiger partial charge in [-0.15, -0.1) is 0 Å². The minimum absolute atomic E-state index is 0. The summed E-state index contributed by atoms with van der Waals surface area (Å²) >= 11 is 0. The van der Waals surface area contributed by atoms with E-state index in [1.54, 1.807) is 0 Å². The summed E-state index contributed by atoms with van der Waals surface area (Å²) in [5, 5.41) is 10.2. The number of rotatable bonds is 1. The van der Waals surface area contributed by atoms with Crippen molar-refractivity contribution in [2.24, 2.45) is 0 Å². The maximum atomic E-state index is 9.54. The molecule has 0 aromatic rings. The van der Waals surface area contributed by atoms with Crippen molar-refractivity contribution in [2.45, 2.75) is 6.92 Å². The predicted molar refractivity (Wildman–Crippen MR) is 15.5 cm³/mol. The van der Waals surface area contributed by atoms with Gasteiger partial charge in [-0.1, -0.05) is 0 Å². The van der Waals surface area contributed by atoms with Crippen LogP contribution in [0.3, 0.4) is 0 Å². The summed E-state index contributed by atoms with van der Waals surface area (Å²) < 4.78 is 0. The molecule has 0 fully saturated rings. The van der Waals surface area contributed by atoms with Crippen molar-refractivity contribution >= 4 is 5.97 Å². The fourth-order valence-corrected chi connectivity index (χ4v) is 0.0525.